The van der Waals surface area contributed by atoms with Crippen LogP contribution >= 0.6 is 22.9 Å². The standard InChI is InChI=1S/C6H6ClNOS/c7-5-4-8-6(10-5)2-1-3-9/h1-2,4,9H,3H2/b2-1+. The lowest BCUT2D eigenvalue weighted by Crippen LogP contribution is -1.70. The molecule has 0 fully saturated rings. The summed E-state index contributed by atoms with van der Waals surface area (Å²) >= 11 is 6.98. The predicted molar refractivity (Wildman–Crippen MR) is 43.2 cm³/mol. The molecule has 4 heteroatoms. The first-order chi connectivity index (χ1) is 4.83. The quantitative estimate of drug-likeness (QED) is 0.744. The smallest absolute Gasteiger partial charge is 0.117 e. The lowest BCUT2D eigenvalue weighted by molar-refractivity contribution is 0.343. The van der Waals surface area contributed by atoms with Gasteiger partial charge in [-0.2, -0.15) is 0 Å². The predicted octanol–water partition coefficient (Wildman–Crippen LogP) is 1.80. The van der Waals surface area contributed by atoms with Crippen molar-refractivity contribution in [3.05, 3.63) is 21.6 Å². The molecule has 0 saturated carbocycles. The van der Waals surface area contributed by atoms with Crippen molar-refractivity contribution >= 4 is 29.0 Å². The van der Waals surface area contributed by atoms with E-state index in [1.807, 2.05) is 0 Å². The van der Waals surface area contributed by atoms with Crippen LogP contribution in [0.5, 0.6) is 0 Å². The Morgan fingerprint density at radius 3 is 3.10 bits per heavy atom. The average molecular weight is 176 g/mol. The van der Waals surface area contributed by atoms with Gasteiger partial charge in [-0.15, -0.1) is 11.3 Å². The maximum Gasteiger partial charge on any atom is 0.117 e. The Morgan fingerprint density at radius 2 is 2.60 bits per heavy atom. The molecule has 0 radical (unpaired) electrons. The summed E-state index contributed by atoms with van der Waals surface area (Å²) < 4.78 is 0.664. The molecular weight excluding hydrogens is 170 g/mol. The number of thiazole rings is 1. The molecule has 0 bridgehead atoms. The van der Waals surface area contributed by atoms with Crippen LogP contribution < -0.4 is 0 Å². The van der Waals surface area contributed by atoms with Gasteiger partial charge >= 0.3 is 0 Å². The third-order valence-corrected chi connectivity index (χ3v) is 1.94. The number of hydrogen-bond acceptors (Lipinski definition) is 3. The fourth-order valence-electron chi connectivity index (χ4n) is 0.498. The van der Waals surface area contributed by atoms with Gasteiger partial charge in [-0.25, -0.2) is 4.98 Å². The Bertz CT molecular complexity index is 233. The van der Waals surface area contributed by atoms with Gasteiger partial charge in [0.1, 0.15) is 9.34 Å². The van der Waals surface area contributed by atoms with Gasteiger partial charge < -0.3 is 5.11 Å². The lowest BCUT2D eigenvalue weighted by atomic mass is 10.5. The summed E-state index contributed by atoms with van der Waals surface area (Å²) in [6.45, 7) is 0.0389. The molecule has 0 saturated heterocycles. The molecule has 10 heavy (non-hydrogen) atoms. The van der Waals surface area contributed by atoms with Gasteiger partial charge in [-0.1, -0.05) is 17.7 Å². The molecule has 54 valence electrons. The third kappa shape index (κ3) is 2.10. The maximum atomic E-state index is 8.39. The Morgan fingerprint density at radius 1 is 1.80 bits per heavy atom. The summed E-state index contributed by atoms with van der Waals surface area (Å²) in [4.78, 5) is 3.94. The second kappa shape index (κ2) is 3.71. The molecule has 0 unspecified atom stereocenters. The molecule has 0 amide bonds. The summed E-state index contributed by atoms with van der Waals surface area (Å²) in [6, 6.07) is 0. The molecule has 1 heterocycles. The van der Waals surface area contributed by atoms with E-state index in [9.17, 15) is 0 Å². The van der Waals surface area contributed by atoms with E-state index in [1.165, 1.54) is 11.3 Å². The molecule has 1 aromatic heterocycles. The molecule has 1 aromatic rings. The highest BCUT2D eigenvalue weighted by atomic mass is 35.5. The fourth-order valence-corrected chi connectivity index (χ4v) is 1.36. The molecule has 1 rings (SSSR count). The number of hydrogen-bond donors (Lipinski definition) is 1. The first-order valence-electron chi connectivity index (χ1n) is 2.71. The molecule has 2 nitrogen and oxygen atoms in total. The van der Waals surface area contributed by atoms with Crippen molar-refractivity contribution in [3.63, 3.8) is 0 Å². The van der Waals surface area contributed by atoms with Gasteiger partial charge in [-0.3, -0.25) is 0 Å². The molecule has 0 aliphatic heterocycles. The average Bonchev–Trinajstić information content (AvgIpc) is 2.31. The van der Waals surface area contributed by atoms with Crippen LogP contribution in [-0.2, 0) is 0 Å². The summed E-state index contributed by atoms with van der Waals surface area (Å²) in [7, 11) is 0. The van der Waals surface area contributed by atoms with E-state index in [0.717, 1.165) is 5.01 Å². The van der Waals surface area contributed by atoms with Crippen molar-refractivity contribution in [3.8, 4) is 0 Å². The van der Waals surface area contributed by atoms with Gasteiger partial charge in [0.05, 0.1) is 12.8 Å². The van der Waals surface area contributed by atoms with Crippen LogP contribution in [0.15, 0.2) is 12.3 Å². The van der Waals surface area contributed by atoms with Crippen molar-refractivity contribution in [2.24, 2.45) is 0 Å². The van der Waals surface area contributed by atoms with E-state index in [1.54, 1.807) is 18.3 Å². The number of nitrogens with zero attached hydrogens (tertiary/aromatic N) is 1. The highest BCUT2D eigenvalue weighted by molar-refractivity contribution is 7.16. The van der Waals surface area contributed by atoms with Crippen molar-refractivity contribution in [2.75, 3.05) is 6.61 Å². The van der Waals surface area contributed by atoms with Gasteiger partial charge in [0.2, 0.25) is 0 Å². The Balaban J connectivity index is 2.67. The van der Waals surface area contributed by atoms with Gasteiger partial charge in [0, 0.05) is 0 Å². The van der Waals surface area contributed by atoms with Crippen LogP contribution in [0.25, 0.3) is 6.08 Å². The fraction of sp³-hybridized carbons (Fsp3) is 0.167. The number of aliphatic hydroxyl groups excluding tert-OH is 1. The molecule has 0 aromatic carbocycles. The number of halogens is 1. The lowest BCUT2D eigenvalue weighted by Gasteiger charge is -1.78. The second-order valence-electron chi connectivity index (χ2n) is 1.59. The van der Waals surface area contributed by atoms with E-state index in [2.05, 4.69) is 4.98 Å². The van der Waals surface area contributed by atoms with E-state index in [0.29, 0.717) is 4.34 Å². The van der Waals surface area contributed by atoms with E-state index >= 15 is 0 Å². The summed E-state index contributed by atoms with van der Waals surface area (Å²) in [5.41, 5.74) is 0. The second-order valence-corrected chi connectivity index (χ2v) is 3.28. The highest BCUT2D eigenvalue weighted by Gasteiger charge is 1.92. The monoisotopic (exact) mass is 175 g/mol. The van der Waals surface area contributed by atoms with Crippen LogP contribution in [0.1, 0.15) is 5.01 Å². The van der Waals surface area contributed by atoms with Gasteiger partial charge in [-0.05, 0) is 6.08 Å². The summed E-state index contributed by atoms with van der Waals surface area (Å²) in [5.74, 6) is 0. The summed E-state index contributed by atoms with van der Waals surface area (Å²) in [5, 5.41) is 9.21. The zero-order valence-electron chi connectivity index (χ0n) is 5.12. The van der Waals surface area contributed by atoms with Crippen molar-refractivity contribution < 1.29 is 5.11 Å². The van der Waals surface area contributed by atoms with Crippen LogP contribution in [0.2, 0.25) is 4.34 Å². The van der Waals surface area contributed by atoms with Crippen LogP contribution in [0, 0.1) is 0 Å². The molecule has 0 aliphatic rings. The third-order valence-electron chi connectivity index (χ3n) is 0.861. The van der Waals surface area contributed by atoms with Crippen molar-refractivity contribution in [1.82, 2.24) is 4.98 Å². The highest BCUT2D eigenvalue weighted by Crippen LogP contribution is 2.18. The topological polar surface area (TPSA) is 33.1 Å². The zero-order chi connectivity index (χ0) is 7.40. The van der Waals surface area contributed by atoms with Crippen LogP contribution in [0.4, 0.5) is 0 Å². The van der Waals surface area contributed by atoms with E-state index in [-0.39, 0.29) is 6.61 Å². The normalized spacial score (nSPS) is 11.0. The molecule has 0 spiro atoms. The Hall–Kier alpha value is -0.380. The summed E-state index contributed by atoms with van der Waals surface area (Å²) in [6.07, 6.45) is 4.94. The Kier molecular flexibility index (Phi) is 2.86. The zero-order valence-corrected chi connectivity index (χ0v) is 6.69. The molecular formula is C6H6ClNOS. The van der Waals surface area contributed by atoms with Crippen LogP contribution in [-0.4, -0.2) is 16.7 Å². The first kappa shape index (κ1) is 7.72. The van der Waals surface area contributed by atoms with Crippen molar-refractivity contribution in [2.45, 2.75) is 0 Å². The minimum atomic E-state index is 0.0389. The number of aromatic nitrogens is 1. The largest absolute Gasteiger partial charge is 0.392 e. The van der Waals surface area contributed by atoms with Gasteiger partial charge in [0.25, 0.3) is 0 Å². The minimum absolute atomic E-state index is 0.0389. The van der Waals surface area contributed by atoms with Crippen LogP contribution in [0.3, 0.4) is 0 Å². The van der Waals surface area contributed by atoms with Crippen molar-refractivity contribution in [1.29, 1.82) is 0 Å². The first-order valence-corrected chi connectivity index (χ1v) is 3.91. The minimum Gasteiger partial charge on any atom is -0.392 e. The van der Waals surface area contributed by atoms with E-state index in [4.69, 9.17) is 16.7 Å². The molecule has 0 atom stereocenters. The number of aliphatic hydroxyl groups is 1. The SMILES string of the molecule is OC/C=C/c1ncc(Cl)s1. The Labute approximate surface area is 67.8 Å². The molecule has 0 aliphatic carbocycles. The van der Waals surface area contributed by atoms with Gasteiger partial charge in [0.15, 0.2) is 0 Å². The van der Waals surface area contributed by atoms with E-state index < -0.39 is 0 Å². The molecule has 1 N–H and O–H groups in total. The maximum absolute atomic E-state index is 8.39. The number of rotatable bonds is 2.